The maximum atomic E-state index is 14.1. The number of aromatic nitrogens is 3. The highest BCUT2D eigenvalue weighted by Gasteiger charge is 2.35. The zero-order valence-electron chi connectivity index (χ0n) is 16.3. The van der Waals surface area contributed by atoms with E-state index in [9.17, 15) is 13.6 Å². The van der Waals surface area contributed by atoms with Gasteiger partial charge in [0.15, 0.2) is 0 Å². The SMILES string of the molecule is Nc1cc(-c2cc3n(c(=O)c2)C[C@H]2C[C@@H]3CN(Cc3c(F)cccc3F)C2)ncn1. The van der Waals surface area contributed by atoms with Crippen LogP contribution >= 0.6 is 0 Å². The van der Waals surface area contributed by atoms with Gasteiger partial charge in [0.2, 0.25) is 0 Å². The highest BCUT2D eigenvalue weighted by Crippen LogP contribution is 2.37. The number of anilines is 1. The molecule has 5 rings (SSSR count). The Morgan fingerprint density at radius 2 is 1.87 bits per heavy atom. The van der Waals surface area contributed by atoms with E-state index >= 15 is 0 Å². The van der Waals surface area contributed by atoms with Crippen molar-refractivity contribution >= 4 is 5.82 Å². The van der Waals surface area contributed by atoms with Crippen LogP contribution < -0.4 is 11.3 Å². The summed E-state index contributed by atoms with van der Waals surface area (Å²) in [4.78, 5) is 23.0. The molecular weight excluding hydrogens is 388 g/mol. The second-order valence-electron chi connectivity index (χ2n) is 8.14. The van der Waals surface area contributed by atoms with Gasteiger partial charge in [0.25, 0.3) is 5.56 Å². The Labute approximate surface area is 172 Å². The Kier molecular flexibility index (Phi) is 4.58. The van der Waals surface area contributed by atoms with Crippen molar-refractivity contribution in [2.24, 2.45) is 5.92 Å². The number of nitrogens with zero attached hydrogens (tertiary/aromatic N) is 4. The van der Waals surface area contributed by atoms with Crippen molar-refractivity contribution in [3.8, 4) is 11.3 Å². The van der Waals surface area contributed by atoms with E-state index in [1.165, 1.54) is 24.5 Å². The number of nitrogen functional groups attached to an aromatic ring is 1. The summed E-state index contributed by atoms with van der Waals surface area (Å²) >= 11 is 0. The van der Waals surface area contributed by atoms with E-state index in [-0.39, 0.29) is 29.5 Å². The molecule has 1 aromatic carbocycles. The summed E-state index contributed by atoms with van der Waals surface area (Å²) in [5.41, 5.74) is 8.04. The molecule has 2 aromatic heterocycles. The molecule has 3 aromatic rings. The van der Waals surface area contributed by atoms with Gasteiger partial charge < -0.3 is 10.3 Å². The quantitative estimate of drug-likeness (QED) is 0.720. The molecule has 0 saturated carbocycles. The van der Waals surface area contributed by atoms with Crippen LogP contribution in [0.5, 0.6) is 0 Å². The molecule has 2 aliphatic heterocycles. The van der Waals surface area contributed by atoms with E-state index in [0.29, 0.717) is 36.7 Å². The van der Waals surface area contributed by atoms with Crippen molar-refractivity contribution in [1.29, 1.82) is 0 Å². The minimum Gasteiger partial charge on any atom is -0.384 e. The molecule has 0 amide bonds. The van der Waals surface area contributed by atoms with Crippen molar-refractivity contribution in [3.05, 3.63) is 76.0 Å². The third-order valence-electron chi connectivity index (χ3n) is 6.06. The minimum absolute atomic E-state index is 0.0667. The van der Waals surface area contributed by atoms with Crippen LogP contribution in [0.3, 0.4) is 0 Å². The largest absolute Gasteiger partial charge is 0.384 e. The van der Waals surface area contributed by atoms with Crippen LogP contribution in [0.1, 0.15) is 23.6 Å². The standard InChI is InChI=1S/C22H21F2N5O/c23-17-2-1-3-18(24)16(17)11-28-8-13-4-15(10-28)20-5-14(6-22(30)29(20)9-13)19-7-21(25)27-12-26-19/h1-3,5-7,12-13,15H,4,8-11H2,(H2,25,26,27)/t13-,15+/m0/s1. The summed E-state index contributed by atoms with van der Waals surface area (Å²) < 4.78 is 30.1. The summed E-state index contributed by atoms with van der Waals surface area (Å²) in [5, 5.41) is 0. The topological polar surface area (TPSA) is 77.0 Å². The lowest BCUT2D eigenvalue weighted by molar-refractivity contribution is 0.112. The Morgan fingerprint density at radius 3 is 2.63 bits per heavy atom. The first-order valence-electron chi connectivity index (χ1n) is 9.96. The molecule has 0 radical (unpaired) electrons. The van der Waals surface area contributed by atoms with E-state index in [0.717, 1.165) is 12.1 Å². The van der Waals surface area contributed by atoms with Gasteiger partial charge in [-0.15, -0.1) is 0 Å². The third kappa shape index (κ3) is 3.37. The second kappa shape index (κ2) is 7.28. The van der Waals surface area contributed by atoms with Crippen LogP contribution in [-0.4, -0.2) is 32.5 Å². The number of rotatable bonds is 3. The average molecular weight is 409 g/mol. The molecule has 2 bridgehead atoms. The Morgan fingerprint density at radius 1 is 1.07 bits per heavy atom. The summed E-state index contributed by atoms with van der Waals surface area (Å²) in [5.74, 6) is -0.325. The fourth-order valence-corrected chi connectivity index (χ4v) is 4.77. The number of fused-ring (bicyclic) bond motifs is 4. The van der Waals surface area contributed by atoms with Crippen LogP contribution in [-0.2, 0) is 13.1 Å². The molecule has 1 saturated heterocycles. The van der Waals surface area contributed by atoms with Crippen molar-refractivity contribution < 1.29 is 8.78 Å². The van der Waals surface area contributed by atoms with E-state index in [2.05, 4.69) is 14.9 Å². The number of piperidine rings is 1. The highest BCUT2D eigenvalue weighted by atomic mass is 19.1. The van der Waals surface area contributed by atoms with Gasteiger partial charge in [-0.1, -0.05) is 6.07 Å². The zero-order valence-corrected chi connectivity index (χ0v) is 16.3. The molecule has 8 heteroatoms. The number of hydrogen-bond donors (Lipinski definition) is 1. The fourth-order valence-electron chi connectivity index (χ4n) is 4.77. The van der Waals surface area contributed by atoms with Gasteiger partial charge in [0.1, 0.15) is 23.8 Å². The summed E-state index contributed by atoms with van der Waals surface area (Å²) in [6, 6.07) is 9.17. The van der Waals surface area contributed by atoms with Gasteiger partial charge in [-0.05, 0) is 30.5 Å². The Bertz CT molecular complexity index is 1160. The lowest BCUT2D eigenvalue weighted by Gasteiger charge is -2.43. The van der Waals surface area contributed by atoms with Gasteiger partial charge in [0.05, 0.1) is 5.69 Å². The first kappa shape index (κ1) is 18.9. The van der Waals surface area contributed by atoms with Crippen molar-refractivity contribution in [1.82, 2.24) is 19.4 Å². The van der Waals surface area contributed by atoms with Crippen LogP contribution in [0.2, 0.25) is 0 Å². The van der Waals surface area contributed by atoms with Crippen LogP contribution in [0.15, 0.2) is 47.5 Å². The maximum absolute atomic E-state index is 14.1. The first-order valence-corrected chi connectivity index (χ1v) is 9.96. The van der Waals surface area contributed by atoms with Crippen molar-refractivity contribution in [3.63, 3.8) is 0 Å². The normalized spacial score (nSPS) is 20.7. The molecule has 4 heterocycles. The number of halogens is 2. The average Bonchev–Trinajstić information content (AvgIpc) is 2.71. The molecule has 2 atom stereocenters. The second-order valence-corrected chi connectivity index (χ2v) is 8.14. The van der Waals surface area contributed by atoms with E-state index < -0.39 is 11.6 Å². The van der Waals surface area contributed by atoms with Gasteiger partial charge in [-0.25, -0.2) is 18.7 Å². The van der Waals surface area contributed by atoms with Crippen molar-refractivity contribution in [2.45, 2.75) is 25.4 Å². The number of benzene rings is 1. The molecule has 0 unspecified atom stereocenters. The summed E-state index contributed by atoms with van der Waals surface area (Å²) in [6.45, 7) is 2.17. The maximum Gasteiger partial charge on any atom is 0.251 e. The van der Waals surface area contributed by atoms with Gasteiger partial charge in [0, 0.05) is 61.1 Å². The van der Waals surface area contributed by atoms with E-state index in [1.807, 2.05) is 10.6 Å². The smallest absolute Gasteiger partial charge is 0.251 e. The number of pyridine rings is 1. The summed E-state index contributed by atoms with van der Waals surface area (Å²) in [6.07, 6.45) is 2.33. The molecule has 0 spiro atoms. The predicted molar refractivity (Wildman–Crippen MR) is 109 cm³/mol. The van der Waals surface area contributed by atoms with Gasteiger partial charge in [-0.3, -0.25) is 9.69 Å². The molecule has 30 heavy (non-hydrogen) atoms. The Hall–Kier alpha value is -3.13. The number of likely N-dealkylation sites (tertiary alicyclic amines) is 1. The van der Waals surface area contributed by atoms with Gasteiger partial charge >= 0.3 is 0 Å². The van der Waals surface area contributed by atoms with Gasteiger partial charge in [-0.2, -0.15) is 0 Å². The molecule has 2 N–H and O–H groups in total. The molecule has 2 aliphatic rings. The molecular formula is C22H21F2N5O. The Balaban J connectivity index is 1.47. The first-order chi connectivity index (χ1) is 14.5. The predicted octanol–water partition coefficient (Wildman–Crippen LogP) is 2.79. The number of nitrogens with two attached hydrogens (primary N) is 1. The lowest BCUT2D eigenvalue weighted by atomic mass is 9.82. The minimum atomic E-state index is -0.522. The van der Waals surface area contributed by atoms with Crippen LogP contribution in [0, 0.1) is 17.6 Å². The number of hydrogen-bond acceptors (Lipinski definition) is 5. The molecule has 154 valence electrons. The zero-order chi connectivity index (χ0) is 20.8. The molecule has 0 aliphatic carbocycles. The summed E-state index contributed by atoms with van der Waals surface area (Å²) in [7, 11) is 0. The van der Waals surface area contributed by atoms with Crippen LogP contribution in [0.25, 0.3) is 11.3 Å². The third-order valence-corrected chi connectivity index (χ3v) is 6.06. The fraction of sp³-hybridized carbons (Fsp3) is 0.318. The lowest BCUT2D eigenvalue weighted by Crippen LogP contribution is -2.46. The van der Waals surface area contributed by atoms with Crippen molar-refractivity contribution in [2.75, 3.05) is 18.8 Å². The van der Waals surface area contributed by atoms with E-state index in [4.69, 9.17) is 5.73 Å². The molecule has 6 nitrogen and oxygen atoms in total. The highest BCUT2D eigenvalue weighted by molar-refractivity contribution is 5.61. The van der Waals surface area contributed by atoms with Crippen LogP contribution in [0.4, 0.5) is 14.6 Å². The monoisotopic (exact) mass is 409 g/mol. The van der Waals surface area contributed by atoms with E-state index in [1.54, 1.807) is 12.1 Å². The molecule has 1 fully saturated rings.